The highest BCUT2D eigenvalue weighted by molar-refractivity contribution is 5.86. The third-order valence-electron chi connectivity index (χ3n) is 2.33. The second-order valence-electron chi connectivity index (χ2n) is 3.75. The maximum atomic E-state index is 11.0. The van der Waals surface area contributed by atoms with Crippen molar-refractivity contribution in [3.8, 4) is 11.5 Å². The second-order valence-corrected chi connectivity index (χ2v) is 3.75. The number of rotatable bonds is 4. The third kappa shape index (κ3) is 2.20. The summed E-state index contributed by atoms with van der Waals surface area (Å²) in [5.74, 6) is -0.860. The molecule has 0 atom stereocenters. The molecule has 90 valence electrons. The van der Waals surface area contributed by atoms with E-state index in [1.54, 1.807) is 24.1 Å². The Balaban J connectivity index is 2.43. The fraction of sp³-hybridized carbons (Fsp3) is 0.364. The van der Waals surface area contributed by atoms with Gasteiger partial charge in [-0.05, 0) is 6.42 Å². The number of oxazole rings is 1. The minimum absolute atomic E-state index is 0.0781. The predicted molar refractivity (Wildman–Crippen MR) is 59.7 cm³/mol. The Kier molecular flexibility index (Phi) is 2.95. The summed E-state index contributed by atoms with van der Waals surface area (Å²) in [5, 5.41) is 13.0. The molecule has 0 spiro atoms. The van der Waals surface area contributed by atoms with Gasteiger partial charge in [-0.15, -0.1) is 0 Å². The van der Waals surface area contributed by atoms with Crippen LogP contribution in [-0.2, 0) is 13.5 Å². The minimum Gasteiger partial charge on any atom is -0.475 e. The zero-order valence-corrected chi connectivity index (χ0v) is 9.67. The molecule has 0 aromatic carbocycles. The van der Waals surface area contributed by atoms with E-state index < -0.39 is 5.97 Å². The topological polar surface area (TPSA) is 81.2 Å². The SMILES string of the molecule is CCCc1nc(-c2cnn(C)c2)oc1C(=O)O. The normalized spacial score (nSPS) is 10.7. The fourth-order valence-electron chi connectivity index (χ4n) is 1.58. The number of carboxylic acids is 1. The predicted octanol–water partition coefficient (Wildman–Crippen LogP) is 1.73. The van der Waals surface area contributed by atoms with Gasteiger partial charge in [-0.1, -0.05) is 13.3 Å². The van der Waals surface area contributed by atoms with Crippen molar-refractivity contribution in [1.82, 2.24) is 14.8 Å². The van der Waals surface area contributed by atoms with Gasteiger partial charge in [0.15, 0.2) is 0 Å². The van der Waals surface area contributed by atoms with Crippen molar-refractivity contribution in [2.75, 3.05) is 0 Å². The molecule has 0 bridgehead atoms. The summed E-state index contributed by atoms with van der Waals surface area (Å²) in [6.45, 7) is 1.96. The van der Waals surface area contributed by atoms with Gasteiger partial charge >= 0.3 is 5.97 Å². The van der Waals surface area contributed by atoms with E-state index in [0.29, 0.717) is 23.6 Å². The zero-order valence-electron chi connectivity index (χ0n) is 9.67. The number of carbonyl (C=O) groups is 1. The lowest BCUT2D eigenvalue weighted by atomic mass is 10.2. The molecule has 1 N–H and O–H groups in total. The van der Waals surface area contributed by atoms with Crippen LogP contribution >= 0.6 is 0 Å². The Bertz CT molecular complexity index is 542. The first-order valence-electron chi connectivity index (χ1n) is 5.33. The third-order valence-corrected chi connectivity index (χ3v) is 2.33. The van der Waals surface area contributed by atoms with Crippen LogP contribution < -0.4 is 0 Å². The van der Waals surface area contributed by atoms with E-state index in [-0.39, 0.29) is 5.76 Å². The Morgan fingerprint density at radius 2 is 2.35 bits per heavy atom. The Hall–Kier alpha value is -2.11. The van der Waals surface area contributed by atoms with Crippen molar-refractivity contribution in [2.24, 2.45) is 7.05 Å². The maximum Gasteiger partial charge on any atom is 0.373 e. The van der Waals surface area contributed by atoms with Crippen LogP contribution in [0.4, 0.5) is 0 Å². The van der Waals surface area contributed by atoms with E-state index in [2.05, 4.69) is 10.1 Å². The van der Waals surface area contributed by atoms with Gasteiger partial charge < -0.3 is 9.52 Å². The van der Waals surface area contributed by atoms with E-state index in [0.717, 1.165) is 6.42 Å². The number of aryl methyl sites for hydroxylation is 2. The van der Waals surface area contributed by atoms with Gasteiger partial charge in [0.1, 0.15) is 0 Å². The fourth-order valence-corrected chi connectivity index (χ4v) is 1.58. The summed E-state index contributed by atoms with van der Waals surface area (Å²) in [5.41, 5.74) is 1.16. The van der Waals surface area contributed by atoms with Gasteiger partial charge in [-0.25, -0.2) is 9.78 Å². The second kappa shape index (κ2) is 4.40. The molecular formula is C11H13N3O3. The minimum atomic E-state index is -1.09. The van der Waals surface area contributed by atoms with Gasteiger partial charge in [0.05, 0.1) is 17.5 Å². The standard InChI is InChI=1S/C11H13N3O3/c1-3-4-8-9(11(15)16)17-10(13-8)7-5-12-14(2)6-7/h5-6H,3-4H2,1-2H3,(H,15,16). The number of nitrogens with zero attached hydrogens (tertiary/aromatic N) is 3. The maximum absolute atomic E-state index is 11.0. The number of aromatic carboxylic acids is 1. The molecule has 0 saturated heterocycles. The Labute approximate surface area is 97.9 Å². The van der Waals surface area contributed by atoms with Gasteiger partial charge in [0.2, 0.25) is 11.7 Å². The first-order valence-corrected chi connectivity index (χ1v) is 5.33. The number of hydrogen-bond donors (Lipinski definition) is 1. The molecule has 0 fully saturated rings. The lowest BCUT2D eigenvalue weighted by molar-refractivity contribution is 0.0661. The molecule has 0 aliphatic heterocycles. The van der Waals surface area contributed by atoms with Crippen molar-refractivity contribution >= 4 is 5.97 Å². The smallest absolute Gasteiger partial charge is 0.373 e. The van der Waals surface area contributed by atoms with Gasteiger partial charge in [-0.3, -0.25) is 4.68 Å². The van der Waals surface area contributed by atoms with E-state index in [4.69, 9.17) is 9.52 Å². The molecule has 0 saturated carbocycles. The van der Waals surface area contributed by atoms with Crippen LogP contribution in [0.5, 0.6) is 0 Å². The lowest BCUT2D eigenvalue weighted by Crippen LogP contribution is -1.99. The van der Waals surface area contributed by atoms with E-state index in [9.17, 15) is 4.79 Å². The van der Waals surface area contributed by atoms with Crippen molar-refractivity contribution in [3.63, 3.8) is 0 Å². The van der Waals surface area contributed by atoms with Crippen molar-refractivity contribution in [1.29, 1.82) is 0 Å². The monoisotopic (exact) mass is 235 g/mol. The van der Waals surface area contributed by atoms with Crippen molar-refractivity contribution in [2.45, 2.75) is 19.8 Å². The molecule has 6 nitrogen and oxygen atoms in total. The zero-order chi connectivity index (χ0) is 12.4. The van der Waals surface area contributed by atoms with Crippen molar-refractivity contribution < 1.29 is 14.3 Å². The molecule has 2 aromatic rings. The summed E-state index contributed by atoms with van der Waals surface area (Å²) in [4.78, 5) is 15.2. The molecule has 0 amide bonds. The summed E-state index contributed by atoms with van der Waals surface area (Å²) in [6.07, 6.45) is 4.73. The van der Waals surface area contributed by atoms with Crippen LogP contribution in [0, 0.1) is 0 Å². The van der Waals surface area contributed by atoms with Gasteiger partial charge in [0, 0.05) is 13.2 Å². The molecule has 2 aromatic heterocycles. The summed E-state index contributed by atoms with van der Waals surface area (Å²) >= 11 is 0. The highest BCUT2D eigenvalue weighted by atomic mass is 16.4. The molecule has 2 heterocycles. The molecular weight excluding hydrogens is 222 g/mol. The van der Waals surface area contributed by atoms with Crippen LogP contribution in [-0.4, -0.2) is 25.8 Å². The van der Waals surface area contributed by atoms with Crippen LogP contribution in [0.15, 0.2) is 16.8 Å². The van der Waals surface area contributed by atoms with E-state index in [1.807, 2.05) is 6.92 Å². The first-order chi connectivity index (χ1) is 8.11. The van der Waals surface area contributed by atoms with E-state index >= 15 is 0 Å². The number of carboxylic acid groups (broad SMARTS) is 1. The Morgan fingerprint density at radius 3 is 2.88 bits per heavy atom. The molecule has 17 heavy (non-hydrogen) atoms. The molecule has 2 rings (SSSR count). The largest absolute Gasteiger partial charge is 0.475 e. The quantitative estimate of drug-likeness (QED) is 0.872. The molecule has 0 unspecified atom stereocenters. The summed E-state index contributed by atoms with van der Waals surface area (Å²) in [7, 11) is 1.78. The number of hydrogen-bond acceptors (Lipinski definition) is 4. The van der Waals surface area contributed by atoms with Crippen LogP contribution in [0.1, 0.15) is 29.6 Å². The van der Waals surface area contributed by atoms with E-state index in [1.165, 1.54) is 0 Å². The van der Waals surface area contributed by atoms with Crippen molar-refractivity contribution in [3.05, 3.63) is 23.8 Å². The molecule has 6 heteroatoms. The lowest BCUT2D eigenvalue weighted by Gasteiger charge is -1.91. The molecule has 0 aliphatic rings. The van der Waals surface area contributed by atoms with Crippen LogP contribution in [0.2, 0.25) is 0 Å². The van der Waals surface area contributed by atoms with Crippen LogP contribution in [0.3, 0.4) is 0 Å². The molecule has 0 aliphatic carbocycles. The van der Waals surface area contributed by atoms with Gasteiger partial charge in [-0.2, -0.15) is 5.10 Å². The molecule has 0 radical (unpaired) electrons. The van der Waals surface area contributed by atoms with Gasteiger partial charge in [0.25, 0.3) is 0 Å². The van der Waals surface area contributed by atoms with Crippen LogP contribution in [0.25, 0.3) is 11.5 Å². The average molecular weight is 235 g/mol. The Morgan fingerprint density at radius 1 is 1.59 bits per heavy atom. The summed E-state index contributed by atoms with van der Waals surface area (Å²) < 4.78 is 6.87. The highest BCUT2D eigenvalue weighted by Gasteiger charge is 2.20. The highest BCUT2D eigenvalue weighted by Crippen LogP contribution is 2.22. The summed E-state index contributed by atoms with van der Waals surface area (Å²) in [6, 6.07) is 0. The average Bonchev–Trinajstić information content (AvgIpc) is 2.85. The number of aromatic nitrogens is 3. The first kappa shape index (κ1) is 11.4.